The molecule has 0 fully saturated rings. The van der Waals surface area contributed by atoms with Gasteiger partial charge in [0.15, 0.2) is 0 Å². The third kappa shape index (κ3) is 4.01. The zero-order valence-electron chi connectivity index (χ0n) is 17.3. The van der Waals surface area contributed by atoms with Gasteiger partial charge in [-0.1, -0.05) is 30.3 Å². The van der Waals surface area contributed by atoms with Crippen molar-refractivity contribution in [1.29, 1.82) is 5.26 Å². The standard InChI is InChI=1S/C25H13N3O5S/c26-13-17(11-19-8-9-23(32-19)15-5-3-6-18(10-15)28(30)31)24-27-21(14-34-24)20-12-16-4-1-2-7-22(16)33-25(20)29/h1-12,14H/b17-11+. The quantitative estimate of drug-likeness (QED) is 0.131. The molecule has 0 saturated heterocycles. The number of benzene rings is 2. The number of non-ortho nitro benzene ring substituents is 1. The molecule has 0 bridgehead atoms. The van der Waals surface area contributed by atoms with E-state index in [9.17, 15) is 20.2 Å². The monoisotopic (exact) mass is 467 g/mol. The van der Waals surface area contributed by atoms with Gasteiger partial charge in [-0.25, -0.2) is 9.78 Å². The summed E-state index contributed by atoms with van der Waals surface area (Å²) in [6, 6.07) is 20.4. The number of nitro benzene ring substituents is 1. The van der Waals surface area contributed by atoms with Crippen LogP contribution in [0.4, 0.5) is 5.69 Å². The maximum Gasteiger partial charge on any atom is 0.345 e. The zero-order chi connectivity index (χ0) is 23.7. The number of allylic oxidation sites excluding steroid dienone is 1. The van der Waals surface area contributed by atoms with Gasteiger partial charge in [-0.2, -0.15) is 5.26 Å². The molecule has 5 aromatic rings. The van der Waals surface area contributed by atoms with Crippen LogP contribution in [0.3, 0.4) is 0 Å². The molecular weight excluding hydrogens is 454 g/mol. The minimum atomic E-state index is -0.509. The lowest BCUT2D eigenvalue weighted by Gasteiger charge is -1.99. The number of aromatic nitrogens is 1. The van der Waals surface area contributed by atoms with E-state index in [1.165, 1.54) is 29.5 Å². The van der Waals surface area contributed by atoms with Crippen LogP contribution in [0.25, 0.3) is 45.2 Å². The highest BCUT2D eigenvalue weighted by atomic mass is 32.1. The van der Waals surface area contributed by atoms with Crippen molar-refractivity contribution in [3.05, 3.63) is 103 Å². The molecule has 8 nitrogen and oxygen atoms in total. The predicted octanol–water partition coefficient (Wildman–Crippen LogP) is 6.15. The summed E-state index contributed by atoms with van der Waals surface area (Å²) in [5.41, 5.74) is 1.46. The molecule has 0 atom stereocenters. The van der Waals surface area contributed by atoms with Crippen LogP contribution in [-0.2, 0) is 0 Å². The molecule has 0 saturated carbocycles. The smallest absolute Gasteiger partial charge is 0.345 e. The van der Waals surface area contributed by atoms with Gasteiger partial charge in [0.2, 0.25) is 0 Å². The summed E-state index contributed by atoms with van der Waals surface area (Å²) in [5, 5.41) is 23.6. The molecule has 0 aliphatic heterocycles. The molecule has 9 heteroatoms. The van der Waals surface area contributed by atoms with Crippen LogP contribution in [0.15, 0.2) is 85.7 Å². The SMILES string of the molecule is N#C/C(=C\c1ccc(-c2cccc([N+](=O)[O-])c2)o1)c1nc(-c2cc3ccccc3oc2=O)cs1. The second kappa shape index (κ2) is 8.61. The summed E-state index contributed by atoms with van der Waals surface area (Å²) in [6.07, 6.45) is 1.53. The molecule has 34 heavy (non-hydrogen) atoms. The predicted molar refractivity (Wildman–Crippen MR) is 128 cm³/mol. The Hall–Kier alpha value is -4.81. The summed E-state index contributed by atoms with van der Waals surface area (Å²) >= 11 is 1.22. The molecule has 2 aromatic carbocycles. The van der Waals surface area contributed by atoms with Gasteiger partial charge >= 0.3 is 5.63 Å². The molecule has 5 rings (SSSR count). The summed E-state index contributed by atoms with van der Waals surface area (Å²) in [6.45, 7) is 0. The first kappa shape index (κ1) is 21.1. The number of nitrogens with zero attached hydrogens (tertiary/aromatic N) is 3. The first-order chi connectivity index (χ1) is 16.5. The molecule has 3 aromatic heterocycles. The van der Waals surface area contributed by atoms with Crippen LogP contribution in [0.1, 0.15) is 10.8 Å². The van der Waals surface area contributed by atoms with E-state index in [1.807, 2.05) is 12.1 Å². The van der Waals surface area contributed by atoms with Crippen molar-refractivity contribution in [3.8, 4) is 28.7 Å². The molecule has 3 heterocycles. The minimum Gasteiger partial charge on any atom is -0.457 e. The van der Waals surface area contributed by atoms with E-state index in [4.69, 9.17) is 8.83 Å². The normalized spacial score (nSPS) is 11.4. The fraction of sp³-hybridized carbons (Fsp3) is 0. The van der Waals surface area contributed by atoms with Crippen LogP contribution in [0.2, 0.25) is 0 Å². The highest BCUT2D eigenvalue weighted by molar-refractivity contribution is 7.11. The zero-order valence-corrected chi connectivity index (χ0v) is 18.1. The Morgan fingerprint density at radius 1 is 1.09 bits per heavy atom. The van der Waals surface area contributed by atoms with E-state index in [0.29, 0.717) is 38.9 Å². The number of fused-ring (bicyclic) bond motifs is 1. The number of nitro groups is 1. The fourth-order valence-electron chi connectivity index (χ4n) is 3.40. The Labute approximate surface area is 195 Å². The van der Waals surface area contributed by atoms with E-state index in [0.717, 1.165) is 5.39 Å². The molecule has 0 radical (unpaired) electrons. The van der Waals surface area contributed by atoms with Crippen LogP contribution in [-0.4, -0.2) is 9.91 Å². The number of para-hydroxylation sites is 1. The fourth-order valence-corrected chi connectivity index (χ4v) is 4.19. The van der Waals surface area contributed by atoms with Gasteiger partial charge in [-0.3, -0.25) is 10.1 Å². The van der Waals surface area contributed by atoms with Crippen LogP contribution in [0, 0.1) is 21.4 Å². The average molecular weight is 467 g/mol. The van der Waals surface area contributed by atoms with Crippen LogP contribution in [0.5, 0.6) is 0 Å². The summed E-state index contributed by atoms with van der Waals surface area (Å²) < 4.78 is 11.2. The molecule has 164 valence electrons. The number of rotatable bonds is 5. The van der Waals surface area contributed by atoms with Gasteiger partial charge in [0, 0.05) is 34.5 Å². The summed E-state index contributed by atoms with van der Waals surface area (Å²) in [5.74, 6) is 0.820. The number of nitriles is 1. The maximum atomic E-state index is 12.4. The van der Waals surface area contributed by atoms with Crippen molar-refractivity contribution in [2.24, 2.45) is 0 Å². The minimum absolute atomic E-state index is 0.0443. The molecule has 0 aliphatic carbocycles. The van der Waals surface area contributed by atoms with Crippen LogP contribution < -0.4 is 5.63 Å². The lowest BCUT2D eigenvalue weighted by molar-refractivity contribution is -0.384. The number of hydrogen-bond donors (Lipinski definition) is 0. The van der Waals surface area contributed by atoms with E-state index in [2.05, 4.69) is 11.1 Å². The molecule has 0 spiro atoms. The van der Waals surface area contributed by atoms with E-state index < -0.39 is 10.5 Å². The lowest BCUT2D eigenvalue weighted by atomic mass is 10.1. The Bertz CT molecular complexity index is 1690. The topological polar surface area (TPSA) is 123 Å². The van der Waals surface area contributed by atoms with E-state index >= 15 is 0 Å². The van der Waals surface area contributed by atoms with E-state index in [1.54, 1.807) is 47.8 Å². The van der Waals surface area contributed by atoms with Gasteiger partial charge in [0.25, 0.3) is 5.69 Å². The Morgan fingerprint density at radius 2 is 1.94 bits per heavy atom. The van der Waals surface area contributed by atoms with Crippen LogP contribution >= 0.6 is 11.3 Å². The van der Waals surface area contributed by atoms with Gasteiger partial charge in [-0.15, -0.1) is 11.3 Å². The summed E-state index contributed by atoms with van der Waals surface area (Å²) in [7, 11) is 0. The second-order valence-corrected chi connectivity index (χ2v) is 8.06. The van der Waals surface area contributed by atoms with Crippen molar-refractivity contribution < 1.29 is 13.8 Å². The van der Waals surface area contributed by atoms with Crippen molar-refractivity contribution in [2.45, 2.75) is 0 Å². The summed E-state index contributed by atoms with van der Waals surface area (Å²) in [4.78, 5) is 27.4. The van der Waals surface area contributed by atoms with Gasteiger partial charge in [0.1, 0.15) is 28.2 Å². The van der Waals surface area contributed by atoms with Gasteiger partial charge < -0.3 is 8.83 Å². The third-order valence-corrected chi connectivity index (χ3v) is 5.90. The Morgan fingerprint density at radius 3 is 2.76 bits per heavy atom. The number of hydrogen-bond acceptors (Lipinski definition) is 8. The van der Waals surface area contributed by atoms with Crippen molar-refractivity contribution in [2.75, 3.05) is 0 Å². The Balaban J connectivity index is 1.46. The van der Waals surface area contributed by atoms with Gasteiger partial charge in [-0.05, 0) is 24.3 Å². The first-order valence-electron chi connectivity index (χ1n) is 9.97. The average Bonchev–Trinajstić information content (AvgIpc) is 3.52. The first-order valence-corrected chi connectivity index (χ1v) is 10.9. The molecule has 0 N–H and O–H groups in total. The van der Waals surface area contributed by atoms with E-state index in [-0.39, 0.29) is 11.3 Å². The molecule has 0 aliphatic rings. The number of thiazole rings is 1. The Kier molecular flexibility index (Phi) is 5.33. The highest BCUT2D eigenvalue weighted by Crippen LogP contribution is 2.30. The molecule has 0 amide bonds. The molecule has 0 unspecified atom stereocenters. The largest absolute Gasteiger partial charge is 0.457 e. The maximum absolute atomic E-state index is 12.4. The van der Waals surface area contributed by atoms with Crippen molar-refractivity contribution in [3.63, 3.8) is 0 Å². The van der Waals surface area contributed by atoms with Crippen molar-refractivity contribution in [1.82, 2.24) is 4.98 Å². The van der Waals surface area contributed by atoms with Crippen molar-refractivity contribution >= 4 is 39.6 Å². The lowest BCUT2D eigenvalue weighted by Crippen LogP contribution is -2.02. The molecular formula is C25H13N3O5S. The highest BCUT2D eigenvalue weighted by Gasteiger charge is 2.15. The van der Waals surface area contributed by atoms with Gasteiger partial charge in [0.05, 0.1) is 21.8 Å². The third-order valence-electron chi connectivity index (χ3n) is 5.03. The number of furan rings is 1. The second-order valence-electron chi connectivity index (χ2n) is 7.20.